The van der Waals surface area contributed by atoms with Crippen molar-refractivity contribution in [2.75, 3.05) is 25.0 Å². The maximum Gasteiger partial charge on any atom is 0.191 e. The van der Waals surface area contributed by atoms with E-state index in [1.165, 1.54) is 31.0 Å². The number of hydrogen-bond acceptors (Lipinski definition) is 3. The summed E-state index contributed by atoms with van der Waals surface area (Å²) in [6, 6.07) is 4.05. The summed E-state index contributed by atoms with van der Waals surface area (Å²) in [5.74, 6) is 0.787. The van der Waals surface area contributed by atoms with Crippen LogP contribution in [0.15, 0.2) is 29.4 Å². The van der Waals surface area contributed by atoms with Gasteiger partial charge in [0.1, 0.15) is 23.1 Å². The first-order valence-corrected chi connectivity index (χ1v) is 9.85. The van der Waals surface area contributed by atoms with Crippen molar-refractivity contribution in [2.45, 2.75) is 44.8 Å². The number of nitrogens with zero attached hydrogens (tertiary/aromatic N) is 4. The molecule has 1 aromatic carbocycles. The van der Waals surface area contributed by atoms with Gasteiger partial charge in [0.15, 0.2) is 5.96 Å². The third-order valence-electron chi connectivity index (χ3n) is 5.40. The number of hydrogen-bond donors (Lipinski definition) is 2. The summed E-state index contributed by atoms with van der Waals surface area (Å²) < 4.78 is 30.3. The number of para-hydroxylation sites is 1. The van der Waals surface area contributed by atoms with E-state index < -0.39 is 11.6 Å². The lowest BCUT2D eigenvalue weighted by atomic mass is 10.2. The molecule has 2 aromatic rings. The summed E-state index contributed by atoms with van der Waals surface area (Å²) in [7, 11) is 1.72. The molecule has 0 spiro atoms. The van der Waals surface area contributed by atoms with Crippen molar-refractivity contribution in [3.63, 3.8) is 0 Å². The molecule has 0 aliphatic carbocycles. The third-order valence-corrected chi connectivity index (χ3v) is 5.40. The van der Waals surface area contributed by atoms with Crippen LogP contribution in [0.25, 0.3) is 0 Å². The van der Waals surface area contributed by atoms with Crippen LogP contribution in [0.1, 0.15) is 30.8 Å². The Hall–Kier alpha value is -2.64. The first-order valence-electron chi connectivity index (χ1n) is 9.85. The predicted octanol–water partition coefficient (Wildman–Crippen LogP) is 2.44. The predicted molar refractivity (Wildman–Crippen MR) is 105 cm³/mol. The summed E-state index contributed by atoms with van der Waals surface area (Å²) in [6.45, 7) is 2.76. The maximum absolute atomic E-state index is 14.0. The minimum atomic E-state index is -0.521. The van der Waals surface area contributed by atoms with Gasteiger partial charge < -0.3 is 20.1 Å². The monoisotopic (exact) mass is 388 g/mol. The summed E-state index contributed by atoms with van der Waals surface area (Å²) in [4.78, 5) is 10.7. The molecule has 1 aromatic heterocycles. The third kappa shape index (κ3) is 3.95. The molecule has 3 heterocycles. The van der Waals surface area contributed by atoms with Gasteiger partial charge >= 0.3 is 0 Å². The van der Waals surface area contributed by atoms with Gasteiger partial charge in [-0.2, -0.15) is 0 Å². The highest BCUT2D eigenvalue weighted by atomic mass is 19.1. The van der Waals surface area contributed by atoms with Gasteiger partial charge in [-0.15, -0.1) is 0 Å². The molecule has 1 atom stereocenters. The lowest BCUT2D eigenvalue weighted by Gasteiger charge is -2.21. The first-order chi connectivity index (χ1) is 13.6. The summed E-state index contributed by atoms with van der Waals surface area (Å²) in [5.41, 5.74) is 1.06. The Bertz CT molecular complexity index is 819. The van der Waals surface area contributed by atoms with Crippen molar-refractivity contribution >= 4 is 11.6 Å². The Morgan fingerprint density at radius 3 is 2.82 bits per heavy atom. The molecule has 28 heavy (non-hydrogen) atoms. The van der Waals surface area contributed by atoms with Crippen LogP contribution in [-0.4, -0.2) is 41.7 Å². The Morgan fingerprint density at radius 1 is 1.25 bits per heavy atom. The van der Waals surface area contributed by atoms with Crippen LogP contribution in [-0.2, 0) is 19.5 Å². The minimum absolute atomic E-state index is 0.0540. The molecule has 1 saturated heterocycles. The number of rotatable bonds is 4. The van der Waals surface area contributed by atoms with Crippen molar-refractivity contribution in [3.05, 3.63) is 47.5 Å². The molecular formula is C20H26F2N6. The summed E-state index contributed by atoms with van der Waals surface area (Å²) in [6.07, 6.45) is 6.34. The zero-order valence-electron chi connectivity index (χ0n) is 16.1. The van der Waals surface area contributed by atoms with Crippen LogP contribution in [0, 0.1) is 11.6 Å². The van der Waals surface area contributed by atoms with Gasteiger partial charge in [-0.3, -0.25) is 4.99 Å². The van der Waals surface area contributed by atoms with E-state index in [-0.39, 0.29) is 11.7 Å². The van der Waals surface area contributed by atoms with Gasteiger partial charge in [0.25, 0.3) is 0 Å². The Kier molecular flexibility index (Phi) is 5.45. The fraction of sp³-hybridized carbons (Fsp3) is 0.500. The van der Waals surface area contributed by atoms with Crippen molar-refractivity contribution in [1.29, 1.82) is 0 Å². The van der Waals surface area contributed by atoms with Gasteiger partial charge in [-0.25, -0.2) is 13.8 Å². The summed E-state index contributed by atoms with van der Waals surface area (Å²) in [5, 5.41) is 6.65. The molecular weight excluding hydrogens is 362 g/mol. The zero-order chi connectivity index (χ0) is 19.5. The van der Waals surface area contributed by atoms with Crippen LogP contribution in [0.2, 0.25) is 0 Å². The average molecular weight is 388 g/mol. The second kappa shape index (κ2) is 8.16. The number of fused-ring (bicyclic) bond motifs is 1. The van der Waals surface area contributed by atoms with Gasteiger partial charge in [0.2, 0.25) is 0 Å². The number of aromatic nitrogens is 2. The van der Waals surface area contributed by atoms with Gasteiger partial charge in [0.05, 0.1) is 12.2 Å². The van der Waals surface area contributed by atoms with E-state index >= 15 is 0 Å². The normalized spacial score (nSPS) is 19.6. The van der Waals surface area contributed by atoms with Gasteiger partial charge in [0, 0.05) is 45.3 Å². The molecule has 0 bridgehead atoms. The lowest BCUT2D eigenvalue weighted by Crippen LogP contribution is -2.44. The first kappa shape index (κ1) is 18.7. The standard InChI is InChI=1S/C20H26F2N6/c1-23-20(24-11-15-13-27-9-3-2-7-18(27)25-15)26-14-8-10-28(12-14)19-16(21)5-4-6-17(19)22/h4-6,13-14H,2-3,7-12H2,1H3,(H2,23,24,26). The maximum atomic E-state index is 14.0. The van der Waals surface area contributed by atoms with Crippen molar-refractivity contribution < 1.29 is 8.78 Å². The van der Waals surface area contributed by atoms with Crippen LogP contribution in [0.3, 0.4) is 0 Å². The van der Waals surface area contributed by atoms with E-state index in [4.69, 9.17) is 0 Å². The van der Waals surface area contributed by atoms with Crippen LogP contribution < -0.4 is 15.5 Å². The van der Waals surface area contributed by atoms with E-state index in [1.54, 1.807) is 11.9 Å². The van der Waals surface area contributed by atoms with Crippen molar-refractivity contribution in [1.82, 2.24) is 20.2 Å². The van der Waals surface area contributed by atoms with E-state index in [0.717, 1.165) is 30.9 Å². The molecule has 6 nitrogen and oxygen atoms in total. The number of aryl methyl sites for hydroxylation is 2. The number of imidazole rings is 1. The van der Waals surface area contributed by atoms with E-state index in [1.807, 2.05) is 0 Å². The number of halogens is 2. The second-order valence-corrected chi connectivity index (χ2v) is 7.37. The Labute approximate surface area is 163 Å². The second-order valence-electron chi connectivity index (χ2n) is 7.37. The van der Waals surface area contributed by atoms with Gasteiger partial charge in [-0.1, -0.05) is 6.07 Å². The smallest absolute Gasteiger partial charge is 0.191 e. The Balaban J connectivity index is 1.32. The number of guanidine groups is 1. The van der Waals surface area contributed by atoms with Crippen LogP contribution in [0.4, 0.5) is 14.5 Å². The van der Waals surface area contributed by atoms with Crippen molar-refractivity contribution in [3.8, 4) is 0 Å². The number of benzene rings is 1. The average Bonchev–Trinajstić information content (AvgIpc) is 3.31. The van der Waals surface area contributed by atoms with Crippen molar-refractivity contribution in [2.24, 2.45) is 4.99 Å². The Morgan fingerprint density at radius 2 is 2.07 bits per heavy atom. The molecule has 0 saturated carbocycles. The van der Waals surface area contributed by atoms with E-state index in [0.29, 0.717) is 25.6 Å². The lowest BCUT2D eigenvalue weighted by molar-refractivity contribution is 0.522. The van der Waals surface area contributed by atoms with E-state index in [2.05, 4.69) is 31.4 Å². The topological polar surface area (TPSA) is 57.5 Å². The largest absolute Gasteiger partial charge is 0.365 e. The molecule has 2 aliphatic heterocycles. The van der Waals surface area contributed by atoms with E-state index in [9.17, 15) is 8.78 Å². The fourth-order valence-corrected chi connectivity index (χ4v) is 3.99. The number of anilines is 1. The molecule has 1 unspecified atom stereocenters. The molecule has 0 amide bonds. The highest BCUT2D eigenvalue weighted by Crippen LogP contribution is 2.26. The molecule has 150 valence electrons. The molecule has 1 fully saturated rings. The quantitative estimate of drug-likeness (QED) is 0.624. The van der Waals surface area contributed by atoms with Gasteiger partial charge in [-0.05, 0) is 31.4 Å². The summed E-state index contributed by atoms with van der Waals surface area (Å²) >= 11 is 0. The molecule has 4 rings (SSSR count). The SMILES string of the molecule is CN=C(NCc1cn2c(n1)CCCC2)NC1CCN(c2c(F)cccc2F)C1. The molecule has 8 heteroatoms. The zero-order valence-corrected chi connectivity index (χ0v) is 16.1. The highest BCUT2D eigenvalue weighted by Gasteiger charge is 2.27. The highest BCUT2D eigenvalue weighted by molar-refractivity contribution is 5.80. The fourth-order valence-electron chi connectivity index (χ4n) is 3.99. The molecule has 2 aliphatic rings. The van der Waals surface area contributed by atoms with Crippen LogP contribution in [0.5, 0.6) is 0 Å². The minimum Gasteiger partial charge on any atom is -0.365 e. The number of aliphatic imine (C=N–C) groups is 1. The molecule has 0 radical (unpaired) electrons. The van der Waals surface area contributed by atoms with Crippen LogP contribution >= 0.6 is 0 Å². The number of nitrogens with one attached hydrogen (secondary N) is 2. The molecule has 2 N–H and O–H groups in total.